The average Bonchev–Trinajstić information content (AvgIpc) is 2.28. The van der Waals surface area contributed by atoms with Crippen LogP contribution in [0.2, 0.25) is 0 Å². The molecule has 0 saturated carbocycles. The first-order valence-electron chi connectivity index (χ1n) is 5.81. The molecule has 0 fully saturated rings. The molecule has 0 aliphatic heterocycles. The summed E-state index contributed by atoms with van der Waals surface area (Å²) in [6, 6.07) is 4.17. The number of nitrogens with one attached hydrogen (secondary N) is 1. The molecular formula is C13H17BrFNO2. The van der Waals surface area contributed by atoms with E-state index >= 15 is 0 Å². The van der Waals surface area contributed by atoms with Gasteiger partial charge < -0.3 is 10.4 Å². The maximum absolute atomic E-state index is 13.4. The van der Waals surface area contributed by atoms with Gasteiger partial charge in [0.1, 0.15) is 5.82 Å². The highest BCUT2D eigenvalue weighted by atomic mass is 79.9. The lowest BCUT2D eigenvalue weighted by atomic mass is 10.1. The number of halogens is 2. The van der Waals surface area contributed by atoms with Crippen LogP contribution in [0, 0.1) is 11.7 Å². The molecule has 100 valence electrons. The first-order valence-corrected chi connectivity index (χ1v) is 6.60. The monoisotopic (exact) mass is 317 g/mol. The SMILES string of the molecule is CC(C)CC(O)CNC(=O)c1cc(Br)ccc1F. The van der Waals surface area contributed by atoms with Gasteiger partial charge >= 0.3 is 0 Å². The summed E-state index contributed by atoms with van der Waals surface area (Å²) in [5.74, 6) is -0.745. The molecule has 0 bridgehead atoms. The Labute approximate surface area is 115 Å². The second-order valence-electron chi connectivity index (χ2n) is 4.62. The molecule has 0 spiro atoms. The van der Waals surface area contributed by atoms with Gasteiger partial charge in [-0.1, -0.05) is 29.8 Å². The number of hydrogen-bond acceptors (Lipinski definition) is 2. The summed E-state index contributed by atoms with van der Waals surface area (Å²) in [6.07, 6.45) is -0.00880. The van der Waals surface area contributed by atoms with Crippen molar-refractivity contribution in [3.8, 4) is 0 Å². The minimum absolute atomic E-state index is 0.0267. The van der Waals surface area contributed by atoms with E-state index in [-0.39, 0.29) is 12.1 Å². The van der Waals surface area contributed by atoms with E-state index in [1.165, 1.54) is 18.2 Å². The minimum atomic E-state index is -0.607. The van der Waals surface area contributed by atoms with E-state index in [1.807, 2.05) is 13.8 Å². The average molecular weight is 318 g/mol. The minimum Gasteiger partial charge on any atom is -0.391 e. The largest absolute Gasteiger partial charge is 0.391 e. The Morgan fingerprint density at radius 2 is 2.17 bits per heavy atom. The van der Waals surface area contributed by atoms with Gasteiger partial charge in [-0.15, -0.1) is 0 Å². The maximum Gasteiger partial charge on any atom is 0.254 e. The van der Waals surface area contributed by atoms with E-state index in [4.69, 9.17) is 0 Å². The number of hydrogen-bond donors (Lipinski definition) is 2. The number of aliphatic hydroxyl groups is 1. The maximum atomic E-state index is 13.4. The zero-order valence-electron chi connectivity index (χ0n) is 10.4. The molecule has 0 aliphatic rings. The molecule has 0 aromatic heterocycles. The molecule has 1 aromatic rings. The predicted octanol–water partition coefficient (Wildman–Crippen LogP) is 2.73. The highest BCUT2D eigenvalue weighted by Crippen LogP contribution is 2.15. The van der Waals surface area contributed by atoms with Crippen molar-refractivity contribution in [2.24, 2.45) is 5.92 Å². The number of carbonyl (C=O) groups is 1. The Hall–Kier alpha value is -0.940. The second kappa shape index (κ2) is 6.85. The van der Waals surface area contributed by atoms with Crippen LogP contribution in [-0.4, -0.2) is 23.7 Å². The van der Waals surface area contributed by atoms with Crippen LogP contribution in [0.15, 0.2) is 22.7 Å². The molecule has 3 nitrogen and oxygen atoms in total. The molecule has 1 aromatic carbocycles. The molecule has 5 heteroatoms. The van der Waals surface area contributed by atoms with Crippen LogP contribution in [0.25, 0.3) is 0 Å². The van der Waals surface area contributed by atoms with Crippen molar-refractivity contribution in [3.05, 3.63) is 34.1 Å². The van der Waals surface area contributed by atoms with Gasteiger partial charge in [-0.25, -0.2) is 4.39 Å². The van der Waals surface area contributed by atoms with E-state index in [9.17, 15) is 14.3 Å². The van der Waals surface area contributed by atoms with Crippen molar-refractivity contribution in [2.45, 2.75) is 26.4 Å². The molecule has 1 rings (SSSR count). The number of rotatable bonds is 5. The lowest BCUT2D eigenvalue weighted by Crippen LogP contribution is -2.33. The van der Waals surface area contributed by atoms with Crippen LogP contribution < -0.4 is 5.32 Å². The second-order valence-corrected chi connectivity index (χ2v) is 5.53. The molecule has 18 heavy (non-hydrogen) atoms. The lowest BCUT2D eigenvalue weighted by Gasteiger charge is -2.14. The van der Waals surface area contributed by atoms with Crippen LogP contribution in [-0.2, 0) is 0 Å². The van der Waals surface area contributed by atoms with Crippen LogP contribution in [0.5, 0.6) is 0 Å². The Bertz CT molecular complexity index is 423. The van der Waals surface area contributed by atoms with Crippen LogP contribution in [0.4, 0.5) is 4.39 Å². The summed E-state index contributed by atoms with van der Waals surface area (Å²) in [5.41, 5.74) is -0.0267. The van der Waals surface area contributed by atoms with Crippen molar-refractivity contribution < 1.29 is 14.3 Å². The summed E-state index contributed by atoms with van der Waals surface area (Å²) in [7, 11) is 0. The van der Waals surface area contributed by atoms with E-state index in [0.29, 0.717) is 16.8 Å². The van der Waals surface area contributed by atoms with Crippen LogP contribution in [0.1, 0.15) is 30.6 Å². The van der Waals surface area contributed by atoms with E-state index < -0.39 is 17.8 Å². The van der Waals surface area contributed by atoms with Crippen molar-refractivity contribution in [1.29, 1.82) is 0 Å². The first-order chi connectivity index (χ1) is 8.40. The van der Waals surface area contributed by atoms with Crippen molar-refractivity contribution in [3.63, 3.8) is 0 Å². The molecule has 0 aliphatic carbocycles. The van der Waals surface area contributed by atoms with E-state index in [1.54, 1.807) is 0 Å². The van der Waals surface area contributed by atoms with E-state index in [0.717, 1.165) is 0 Å². The molecule has 1 amide bonds. The zero-order chi connectivity index (χ0) is 13.7. The van der Waals surface area contributed by atoms with Crippen molar-refractivity contribution in [1.82, 2.24) is 5.32 Å². The number of aliphatic hydroxyl groups excluding tert-OH is 1. The Morgan fingerprint density at radius 3 is 2.78 bits per heavy atom. The van der Waals surface area contributed by atoms with Gasteiger partial charge in [0.15, 0.2) is 0 Å². The third kappa shape index (κ3) is 4.74. The molecule has 1 unspecified atom stereocenters. The van der Waals surface area contributed by atoms with Crippen LogP contribution in [0.3, 0.4) is 0 Å². The summed E-state index contributed by atoms with van der Waals surface area (Å²) in [4.78, 5) is 11.7. The van der Waals surface area contributed by atoms with Gasteiger partial charge in [-0.05, 0) is 30.5 Å². The highest BCUT2D eigenvalue weighted by molar-refractivity contribution is 9.10. The quantitative estimate of drug-likeness (QED) is 0.877. The Kier molecular flexibility index (Phi) is 5.75. The fraction of sp³-hybridized carbons (Fsp3) is 0.462. The fourth-order valence-electron chi connectivity index (χ4n) is 1.60. The van der Waals surface area contributed by atoms with Gasteiger partial charge in [0.05, 0.1) is 11.7 Å². The first kappa shape index (κ1) is 15.1. The summed E-state index contributed by atoms with van der Waals surface area (Å²) in [5, 5.41) is 12.1. The zero-order valence-corrected chi connectivity index (χ0v) is 12.0. The molecule has 2 N–H and O–H groups in total. The van der Waals surface area contributed by atoms with Gasteiger partial charge in [0, 0.05) is 11.0 Å². The summed E-state index contributed by atoms with van der Waals surface area (Å²) in [6.45, 7) is 4.10. The van der Waals surface area contributed by atoms with Gasteiger partial charge in [-0.3, -0.25) is 4.79 Å². The molecule has 1 atom stereocenters. The lowest BCUT2D eigenvalue weighted by molar-refractivity contribution is 0.0896. The Balaban J connectivity index is 2.58. The third-order valence-electron chi connectivity index (χ3n) is 2.41. The topological polar surface area (TPSA) is 49.3 Å². The van der Waals surface area contributed by atoms with E-state index in [2.05, 4.69) is 21.2 Å². The van der Waals surface area contributed by atoms with Gasteiger partial charge in [0.2, 0.25) is 0 Å². The molecule has 0 heterocycles. The fourth-order valence-corrected chi connectivity index (χ4v) is 1.97. The molecule has 0 radical (unpaired) electrons. The van der Waals surface area contributed by atoms with Gasteiger partial charge in [0.25, 0.3) is 5.91 Å². The van der Waals surface area contributed by atoms with Crippen LogP contribution >= 0.6 is 15.9 Å². The molecular weight excluding hydrogens is 301 g/mol. The highest BCUT2D eigenvalue weighted by Gasteiger charge is 2.14. The smallest absolute Gasteiger partial charge is 0.254 e. The summed E-state index contributed by atoms with van der Waals surface area (Å²) < 4.78 is 14.0. The number of amides is 1. The van der Waals surface area contributed by atoms with Crippen molar-refractivity contribution >= 4 is 21.8 Å². The number of carbonyl (C=O) groups excluding carboxylic acids is 1. The van der Waals surface area contributed by atoms with Crippen molar-refractivity contribution in [2.75, 3.05) is 6.54 Å². The normalized spacial score (nSPS) is 12.6. The Morgan fingerprint density at radius 1 is 1.50 bits per heavy atom. The standard InChI is InChI=1S/C13H17BrFNO2/c1-8(2)5-10(17)7-16-13(18)11-6-9(14)3-4-12(11)15/h3-4,6,8,10,17H,5,7H2,1-2H3,(H,16,18). The van der Waals surface area contributed by atoms with Gasteiger partial charge in [-0.2, -0.15) is 0 Å². The molecule has 0 saturated heterocycles. The summed E-state index contributed by atoms with van der Waals surface area (Å²) >= 11 is 3.18. The third-order valence-corrected chi connectivity index (χ3v) is 2.91. The number of benzene rings is 1. The predicted molar refractivity (Wildman–Crippen MR) is 71.9 cm³/mol.